The third-order valence-corrected chi connectivity index (χ3v) is 4.12. The summed E-state index contributed by atoms with van der Waals surface area (Å²) in [4.78, 5) is 14.5. The zero-order valence-electron chi connectivity index (χ0n) is 11.0. The molecule has 3 nitrogen and oxygen atoms in total. The molecule has 1 aromatic carbocycles. The van der Waals surface area contributed by atoms with Crippen molar-refractivity contribution in [1.82, 2.24) is 5.32 Å². The summed E-state index contributed by atoms with van der Waals surface area (Å²) in [5.41, 5.74) is 2.21. The maximum Gasteiger partial charge on any atom is 0.263 e. The molecule has 1 aliphatic rings. The number of anilines is 1. The number of rotatable bonds is 4. The molecule has 0 saturated carbocycles. The lowest BCUT2D eigenvalue weighted by Gasteiger charge is -2.20. The topological polar surface area (TPSA) is 32.3 Å². The molecule has 0 bridgehead atoms. The number of carbonyl (C=O) groups is 1. The van der Waals surface area contributed by atoms with Crippen molar-refractivity contribution in [3.63, 3.8) is 0 Å². The van der Waals surface area contributed by atoms with Crippen LogP contribution in [0.4, 0.5) is 5.69 Å². The lowest BCUT2D eigenvalue weighted by molar-refractivity contribution is -0.115. The Hall–Kier alpha value is -1.33. The lowest BCUT2D eigenvalue weighted by Crippen LogP contribution is -2.21. The van der Waals surface area contributed by atoms with E-state index in [0.29, 0.717) is 9.23 Å². The molecule has 1 aromatic rings. The van der Waals surface area contributed by atoms with E-state index in [0.717, 1.165) is 18.7 Å². The quantitative estimate of drug-likeness (QED) is 0.683. The number of hydrogen-bond donors (Lipinski definition) is 1. The first-order valence-electron chi connectivity index (χ1n) is 6.24. The van der Waals surface area contributed by atoms with Crippen LogP contribution in [0.5, 0.6) is 0 Å². The molecule has 1 aliphatic heterocycles. The van der Waals surface area contributed by atoms with Gasteiger partial charge in [0.25, 0.3) is 5.91 Å². The lowest BCUT2D eigenvalue weighted by atomic mass is 10.2. The number of thiocarbonyl (C=S) groups is 1. The minimum atomic E-state index is -0.109. The maximum atomic E-state index is 11.6. The summed E-state index contributed by atoms with van der Waals surface area (Å²) in [7, 11) is 0. The van der Waals surface area contributed by atoms with Crippen LogP contribution < -0.4 is 10.2 Å². The van der Waals surface area contributed by atoms with E-state index in [2.05, 4.69) is 36.2 Å². The summed E-state index contributed by atoms with van der Waals surface area (Å²) < 4.78 is 0.524. The van der Waals surface area contributed by atoms with E-state index in [9.17, 15) is 4.79 Å². The molecule has 1 fully saturated rings. The summed E-state index contributed by atoms with van der Waals surface area (Å²) in [5.74, 6) is -0.109. The van der Waals surface area contributed by atoms with Gasteiger partial charge in [-0.1, -0.05) is 36.1 Å². The molecule has 0 atom stereocenters. The molecule has 0 unspecified atom stereocenters. The average Bonchev–Trinajstić information content (AvgIpc) is 2.71. The van der Waals surface area contributed by atoms with Crippen LogP contribution in [-0.4, -0.2) is 23.3 Å². The van der Waals surface area contributed by atoms with Gasteiger partial charge in [-0.15, -0.1) is 0 Å². The average molecular weight is 292 g/mol. The zero-order chi connectivity index (χ0) is 13.8. The molecule has 1 amide bonds. The third kappa shape index (κ3) is 3.36. The van der Waals surface area contributed by atoms with E-state index in [-0.39, 0.29) is 5.91 Å². The van der Waals surface area contributed by atoms with Gasteiger partial charge in [0.05, 0.1) is 4.91 Å². The zero-order valence-corrected chi connectivity index (χ0v) is 12.6. The van der Waals surface area contributed by atoms with Crippen LogP contribution in [0.1, 0.15) is 19.4 Å². The highest BCUT2D eigenvalue weighted by molar-refractivity contribution is 8.26. The van der Waals surface area contributed by atoms with Crippen molar-refractivity contribution in [2.45, 2.75) is 13.8 Å². The Morgan fingerprint density at radius 2 is 1.89 bits per heavy atom. The van der Waals surface area contributed by atoms with Gasteiger partial charge >= 0.3 is 0 Å². The van der Waals surface area contributed by atoms with Crippen LogP contribution in [0.3, 0.4) is 0 Å². The number of thioether (sulfide) groups is 1. The maximum absolute atomic E-state index is 11.6. The van der Waals surface area contributed by atoms with Gasteiger partial charge in [-0.05, 0) is 37.6 Å². The SMILES string of the molecule is CCN(CC)c1ccc(/C=C2\SC(=S)NC2=O)cc1. The predicted octanol–water partition coefficient (Wildman–Crippen LogP) is 3.02. The van der Waals surface area contributed by atoms with E-state index in [1.165, 1.54) is 17.4 Å². The first kappa shape index (κ1) is 14.1. The van der Waals surface area contributed by atoms with Crippen molar-refractivity contribution >= 4 is 46.0 Å². The van der Waals surface area contributed by atoms with Crippen molar-refractivity contribution < 1.29 is 4.79 Å². The molecule has 1 N–H and O–H groups in total. The van der Waals surface area contributed by atoms with Crippen LogP contribution in [0.25, 0.3) is 6.08 Å². The van der Waals surface area contributed by atoms with Gasteiger partial charge in [-0.25, -0.2) is 0 Å². The molecule has 0 radical (unpaired) electrons. The molecule has 0 spiro atoms. The minimum Gasteiger partial charge on any atom is -0.372 e. The van der Waals surface area contributed by atoms with Gasteiger partial charge in [-0.2, -0.15) is 0 Å². The Balaban J connectivity index is 2.17. The highest BCUT2D eigenvalue weighted by Crippen LogP contribution is 2.26. The number of benzene rings is 1. The second-order valence-electron chi connectivity index (χ2n) is 4.12. The van der Waals surface area contributed by atoms with Crippen LogP contribution >= 0.6 is 24.0 Å². The van der Waals surface area contributed by atoms with Gasteiger partial charge in [0, 0.05) is 18.8 Å². The molecule has 5 heteroatoms. The van der Waals surface area contributed by atoms with E-state index < -0.39 is 0 Å². The molecule has 0 aromatic heterocycles. The number of amides is 1. The van der Waals surface area contributed by atoms with E-state index >= 15 is 0 Å². The minimum absolute atomic E-state index is 0.109. The van der Waals surface area contributed by atoms with Crippen molar-refractivity contribution in [2.24, 2.45) is 0 Å². The summed E-state index contributed by atoms with van der Waals surface area (Å²) in [5, 5.41) is 2.61. The molecule has 2 rings (SSSR count). The number of hydrogen-bond acceptors (Lipinski definition) is 4. The van der Waals surface area contributed by atoms with Crippen molar-refractivity contribution in [2.75, 3.05) is 18.0 Å². The molecule has 1 saturated heterocycles. The van der Waals surface area contributed by atoms with Crippen LogP contribution in [-0.2, 0) is 4.79 Å². The smallest absolute Gasteiger partial charge is 0.263 e. The van der Waals surface area contributed by atoms with Crippen LogP contribution in [0.15, 0.2) is 29.2 Å². The standard InChI is InChI=1S/C14H16N2OS2/c1-3-16(4-2)11-7-5-10(6-8-11)9-12-13(17)15-14(18)19-12/h5-9H,3-4H2,1-2H3,(H,15,17,18)/b12-9-. The Morgan fingerprint density at radius 3 is 2.37 bits per heavy atom. The first-order chi connectivity index (χ1) is 9.13. The molecule has 0 aliphatic carbocycles. The Morgan fingerprint density at radius 1 is 1.26 bits per heavy atom. The summed E-state index contributed by atoms with van der Waals surface area (Å²) >= 11 is 6.27. The highest BCUT2D eigenvalue weighted by Gasteiger charge is 2.21. The molecular weight excluding hydrogens is 276 g/mol. The number of nitrogens with zero attached hydrogens (tertiary/aromatic N) is 1. The van der Waals surface area contributed by atoms with E-state index in [1.807, 2.05) is 18.2 Å². The Kier molecular flexibility index (Phi) is 4.61. The van der Waals surface area contributed by atoms with Gasteiger partial charge in [-0.3, -0.25) is 4.79 Å². The summed E-state index contributed by atoms with van der Waals surface area (Å²) in [6.07, 6.45) is 1.87. The van der Waals surface area contributed by atoms with Crippen molar-refractivity contribution in [3.8, 4) is 0 Å². The largest absolute Gasteiger partial charge is 0.372 e. The Bertz CT molecular complexity index is 519. The fourth-order valence-corrected chi connectivity index (χ4v) is 2.99. The second kappa shape index (κ2) is 6.21. The molecule has 1 heterocycles. The third-order valence-electron chi connectivity index (χ3n) is 2.96. The van der Waals surface area contributed by atoms with E-state index in [1.54, 1.807) is 0 Å². The normalized spacial score (nSPS) is 16.8. The number of nitrogens with one attached hydrogen (secondary N) is 1. The van der Waals surface area contributed by atoms with Crippen molar-refractivity contribution in [3.05, 3.63) is 34.7 Å². The molecule has 19 heavy (non-hydrogen) atoms. The van der Waals surface area contributed by atoms with E-state index in [4.69, 9.17) is 12.2 Å². The van der Waals surface area contributed by atoms with Gasteiger partial charge in [0.2, 0.25) is 0 Å². The fourth-order valence-electron chi connectivity index (χ4n) is 1.94. The van der Waals surface area contributed by atoms with Crippen molar-refractivity contribution in [1.29, 1.82) is 0 Å². The predicted molar refractivity (Wildman–Crippen MR) is 86.3 cm³/mol. The van der Waals surface area contributed by atoms with Gasteiger partial charge < -0.3 is 10.2 Å². The first-order valence-corrected chi connectivity index (χ1v) is 7.46. The molecule has 100 valence electrons. The van der Waals surface area contributed by atoms with Gasteiger partial charge in [0.15, 0.2) is 0 Å². The van der Waals surface area contributed by atoms with Crippen LogP contribution in [0, 0.1) is 0 Å². The van der Waals surface area contributed by atoms with Gasteiger partial charge in [0.1, 0.15) is 4.32 Å². The Labute approximate surface area is 123 Å². The summed E-state index contributed by atoms with van der Waals surface area (Å²) in [6.45, 7) is 6.26. The monoisotopic (exact) mass is 292 g/mol. The highest BCUT2D eigenvalue weighted by atomic mass is 32.2. The molecular formula is C14H16N2OS2. The number of carbonyl (C=O) groups excluding carboxylic acids is 1. The summed E-state index contributed by atoms with van der Waals surface area (Å²) in [6, 6.07) is 8.20. The fraction of sp³-hybridized carbons (Fsp3) is 0.286. The second-order valence-corrected chi connectivity index (χ2v) is 5.83. The van der Waals surface area contributed by atoms with Crippen LogP contribution in [0.2, 0.25) is 0 Å².